The van der Waals surface area contributed by atoms with Crippen molar-refractivity contribution in [3.05, 3.63) is 22.8 Å². The predicted molar refractivity (Wildman–Crippen MR) is 76.9 cm³/mol. The van der Waals surface area contributed by atoms with Gasteiger partial charge in [-0.05, 0) is 58.1 Å². The van der Waals surface area contributed by atoms with Crippen LogP contribution in [0.25, 0.3) is 0 Å². The van der Waals surface area contributed by atoms with Crippen molar-refractivity contribution in [1.82, 2.24) is 4.98 Å². The van der Waals surface area contributed by atoms with Crippen molar-refractivity contribution in [2.24, 2.45) is 0 Å². The van der Waals surface area contributed by atoms with Crippen molar-refractivity contribution in [3.63, 3.8) is 0 Å². The Labute approximate surface area is 119 Å². The van der Waals surface area contributed by atoms with E-state index in [2.05, 4.69) is 4.98 Å². The zero-order chi connectivity index (χ0) is 13.8. The second kappa shape index (κ2) is 4.21. The minimum atomic E-state index is -0.434. The molecule has 1 aromatic rings. The second-order valence-electron chi connectivity index (χ2n) is 6.49. The first-order valence-electron chi connectivity index (χ1n) is 6.81. The summed E-state index contributed by atoms with van der Waals surface area (Å²) in [6.07, 6.45) is 4.31. The van der Waals surface area contributed by atoms with Crippen molar-refractivity contribution >= 4 is 24.3 Å². The number of rotatable bonds is 2. The molecule has 1 aliphatic heterocycles. The molecule has 0 unspecified atom stereocenters. The molecule has 1 saturated carbocycles. The molecule has 3 rings (SSSR count). The molecule has 3 nitrogen and oxygen atoms in total. The van der Waals surface area contributed by atoms with Gasteiger partial charge >= 0.3 is 7.12 Å². The average molecular weight is 280 g/mol. The summed E-state index contributed by atoms with van der Waals surface area (Å²) in [7, 11) is -0.434. The lowest BCUT2D eigenvalue weighted by molar-refractivity contribution is 0.00578. The van der Waals surface area contributed by atoms with Crippen LogP contribution in [-0.2, 0) is 9.31 Å². The molecule has 19 heavy (non-hydrogen) atoms. The minimum absolute atomic E-state index is 0.346. The molecular formula is C14H19BClNO2. The molecular weight excluding hydrogens is 260 g/mol. The maximum Gasteiger partial charge on any atom is 0.514 e. The lowest BCUT2D eigenvalue weighted by atomic mass is 9.84. The first kappa shape index (κ1) is 13.4. The Kier molecular flexibility index (Phi) is 2.97. The highest BCUT2D eigenvalue weighted by Crippen LogP contribution is 2.42. The molecule has 0 amide bonds. The number of halogens is 1. The quantitative estimate of drug-likeness (QED) is 0.780. The fourth-order valence-corrected chi connectivity index (χ4v) is 2.56. The highest BCUT2D eigenvalue weighted by Gasteiger charge is 2.52. The number of pyridine rings is 1. The maximum absolute atomic E-state index is 6.33. The van der Waals surface area contributed by atoms with Crippen LogP contribution in [0.2, 0.25) is 5.02 Å². The topological polar surface area (TPSA) is 31.4 Å². The number of aromatic nitrogens is 1. The van der Waals surface area contributed by atoms with Crippen molar-refractivity contribution < 1.29 is 9.31 Å². The van der Waals surface area contributed by atoms with Crippen LogP contribution < -0.4 is 5.59 Å². The third-order valence-electron chi connectivity index (χ3n) is 4.42. The SMILES string of the molecule is CC1(C)OB(c2cc(Cl)c(C3CC3)cn2)OC1(C)C. The van der Waals surface area contributed by atoms with E-state index in [9.17, 15) is 0 Å². The van der Waals surface area contributed by atoms with Crippen molar-refractivity contribution in [2.75, 3.05) is 0 Å². The minimum Gasteiger partial charge on any atom is -0.398 e. The van der Waals surface area contributed by atoms with Gasteiger partial charge in [-0.2, -0.15) is 0 Å². The number of nitrogens with zero attached hydrogens (tertiary/aromatic N) is 1. The van der Waals surface area contributed by atoms with Crippen molar-refractivity contribution in [3.8, 4) is 0 Å². The van der Waals surface area contributed by atoms with Gasteiger partial charge in [-0.3, -0.25) is 4.98 Å². The van der Waals surface area contributed by atoms with Gasteiger partial charge in [0.15, 0.2) is 0 Å². The molecule has 0 bridgehead atoms. The van der Waals surface area contributed by atoms with Gasteiger partial charge in [-0.15, -0.1) is 0 Å². The largest absolute Gasteiger partial charge is 0.514 e. The number of hydrogen-bond acceptors (Lipinski definition) is 3. The summed E-state index contributed by atoms with van der Waals surface area (Å²) >= 11 is 6.33. The Balaban J connectivity index is 1.86. The molecule has 0 atom stereocenters. The lowest BCUT2D eigenvalue weighted by Crippen LogP contribution is -2.41. The van der Waals surface area contributed by atoms with E-state index >= 15 is 0 Å². The average Bonchev–Trinajstić information content (AvgIpc) is 3.07. The van der Waals surface area contributed by atoms with E-state index in [1.165, 1.54) is 12.8 Å². The summed E-state index contributed by atoms with van der Waals surface area (Å²) in [5.74, 6) is 0.604. The Morgan fingerprint density at radius 3 is 2.26 bits per heavy atom. The van der Waals surface area contributed by atoms with Crippen LogP contribution in [0.1, 0.15) is 52.0 Å². The summed E-state index contributed by atoms with van der Waals surface area (Å²) in [4.78, 5) is 4.48. The Morgan fingerprint density at radius 1 is 1.21 bits per heavy atom. The van der Waals surface area contributed by atoms with Gasteiger partial charge in [-0.25, -0.2) is 0 Å². The van der Waals surface area contributed by atoms with Gasteiger partial charge in [-0.1, -0.05) is 11.6 Å². The molecule has 0 aromatic carbocycles. The van der Waals surface area contributed by atoms with E-state index in [0.717, 1.165) is 16.2 Å². The molecule has 1 aromatic heterocycles. The summed E-state index contributed by atoms with van der Waals surface area (Å²) in [5.41, 5.74) is 1.22. The molecule has 0 spiro atoms. The van der Waals surface area contributed by atoms with Crippen LogP contribution in [0.5, 0.6) is 0 Å². The second-order valence-corrected chi connectivity index (χ2v) is 6.90. The summed E-state index contributed by atoms with van der Waals surface area (Å²) in [5, 5.41) is 0.780. The van der Waals surface area contributed by atoms with Crippen LogP contribution in [0.15, 0.2) is 12.3 Å². The van der Waals surface area contributed by atoms with Crippen LogP contribution in [0.4, 0.5) is 0 Å². The molecule has 5 heteroatoms. The van der Waals surface area contributed by atoms with E-state index in [-0.39, 0.29) is 11.2 Å². The predicted octanol–water partition coefficient (Wildman–Crippen LogP) is 2.91. The van der Waals surface area contributed by atoms with Gasteiger partial charge in [0.2, 0.25) is 0 Å². The van der Waals surface area contributed by atoms with Crippen molar-refractivity contribution in [1.29, 1.82) is 0 Å². The molecule has 102 valence electrons. The zero-order valence-electron chi connectivity index (χ0n) is 11.9. The van der Waals surface area contributed by atoms with Gasteiger partial charge in [0.25, 0.3) is 0 Å². The highest BCUT2D eigenvalue weighted by molar-refractivity contribution is 6.61. The molecule has 1 aliphatic carbocycles. The summed E-state index contributed by atoms with van der Waals surface area (Å²) < 4.78 is 12.0. The zero-order valence-corrected chi connectivity index (χ0v) is 12.6. The van der Waals surface area contributed by atoms with E-state index in [1.807, 2.05) is 40.0 Å². The monoisotopic (exact) mass is 279 g/mol. The van der Waals surface area contributed by atoms with Crippen LogP contribution in [0.3, 0.4) is 0 Å². The van der Waals surface area contributed by atoms with Crippen LogP contribution in [0, 0.1) is 0 Å². The maximum atomic E-state index is 6.33. The third-order valence-corrected chi connectivity index (χ3v) is 4.74. The van der Waals surface area contributed by atoms with Gasteiger partial charge < -0.3 is 9.31 Å². The van der Waals surface area contributed by atoms with Crippen molar-refractivity contribution in [2.45, 2.75) is 57.7 Å². The van der Waals surface area contributed by atoms with Crippen LogP contribution >= 0.6 is 11.6 Å². The lowest BCUT2D eigenvalue weighted by Gasteiger charge is -2.32. The van der Waals surface area contributed by atoms with E-state index < -0.39 is 7.12 Å². The third kappa shape index (κ3) is 2.30. The number of hydrogen-bond donors (Lipinski definition) is 0. The summed E-state index contributed by atoms with van der Waals surface area (Å²) in [6.45, 7) is 8.14. The highest BCUT2D eigenvalue weighted by atomic mass is 35.5. The standard InChI is InChI=1S/C14H19BClNO2/c1-13(2)14(3,4)19-15(18-13)12-7-11(16)10(8-17-12)9-5-6-9/h7-9H,5-6H2,1-4H3. The molecule has 0 N–H and O–H groups in total. The van der Waals surface area contributed by atoms with E-state index in [4.69, 9.17) is 20.9 Å². The fraction of sp³-hybridized carbons (Fsp3) is 0.643. The van der Waals surface area contributed by atoms with E-state index in [1.54, 1.807) is 0 Å². The summed E-state index contributed by atoms with van der Waals surface area (Å²) in [6, 6.07) is 1.89. The van der Waals surface area contributed by atoms with Gasteiger partial charge in [0.1, 0.15) is 0 Å². The van der Waals surface area contributed by atoms with Gasteiger partial charge in [0, 0.05) is 11.2 Å². The first-order chi connectivity index (χ1) is 8.80. The Bertz CT molecular complexity index is 498. The molecule has 2 fully saturated rings. The smallest absolute Gasteiger partial charge is 0.398 e. The fourth-order valence-electron chi connectivity index (χ4n) is 2.24. The Hall–Kier alpha value is -0.575. The van der Waals surface area contributed by atoms with E-state index in [0.29, 0.717) is 5.92 Å². The van der Waals surface area contributed by atoms with Crippen LogP contribution in [-0.4, -0.2) is 23.3 Å². The Morgan fingerprint density at radius 2 is 1.79 bits per heavy atom. The molecule has 0 radical (unpaired) electrons. The molecule has 2 heterocycles. The first-order valence-corrected chi connectivity index (χ1v) is 7.19. The van der Waals surface area contributed by atoms with Gasteiger partial charge in [0.05, 0.1) is 16.8 Å². The molecule has 2 aliphatic rings. The normalized spacial score (nSPS) is 24.8. The molecule has 1 saturated heterocycles.